The molecule has 1 aromatic heterocycles. The number of aromatic nitrogens is 1. The van der Waals surface area contributed by atoms with Gasteiger partial charge in [0.15, 0.2) is 5.76 Å². The van der Waals surface area contributed by atoms with Gasteiger partial charge in [-0.2, -0.15) is 0 Å². The number of hydrogen-bond donors (Lipinski definition) is 1. The summed E-state index contributed by atoms with van der Waals surface area (Å²) in [5, 5.41) is 7.20. The molecule has 1 spiro atoms. The van der Waals surface area contributed by atoms with Crippen LogP contribution in [0.5, 0.6) is 0 Å². The van der Waals surface area contributed by atoms with Gasteiger partial charge in [0.2, 0.25) is 5.91 Å². The molecule has 2 aromatic rings. The Bertz CT molecular complexity index is 761. The third-order valence-electron chi connectivity index (χ3n) is 5.40. The van der Waals surface area contributed by atoms with Gasteiger partial charge in [-0.1, -0.05) is 35.0 Å². The maximum absolute atomic E-state index is 11.5. The highest BCUT2D eigenvalue weighted by molar-refractivity contribution is 5.76. The minimum absolute atomic E-state index is 0.0922. The summed E-state index contributed by atoms with van der Waals surface area (Å²) in [6.07, 6.45) is 2.31. The Morgan fingerprint density at radius 3 is 2.77 bits per heavy atom. The molecule has 0 saturated carbocycles. The molecular weight excluding hydrogens is 330 g/mol. The summed E-state index contributed by atoms with van der Waals surface area (Å²) < 4.78 is 11.6. The molecule has 1 N–H and O–H groups in total. The van der Waals surface area contributed by atoms with E-state index < -0.39 is 0 Å². The van der Waals surface area contributed by atoms with E-state index in [4.69, 9.17) is 9.26 Å². The zero-order chi connectivity index (χ0) is 18.0. The van der Waals surface area contributed by atoms with E-state index in [-0.39, 0.29) is 11.5 Å². The van der Waals surface area contributed by atoms with Gasteiger partial charge in [0.25, 0.3) is 0 Å². The first-order valence-electron chi connectivity index (χ1n) is 9.28. The van der Waals surface area contributed by atoms with Gasteiger partial charge in [-0.15, -0.1) is 0 Å². The third kappa shape index (κ3) is 3.81. The number of amides is 1. The van der Waals surface area contributed by atoms with E-state index in [1.54, 1.807) is 0 Å². The topological polar surface area (TPSA) is 67.6 Å². The van der Waals surface area contributed by atoms with E-state index in [0.717, 1.165) is 49.5 Å². The van der Waals surface area contributed by atoms with Gasteiger partial charge in [0, 0.05) is 37.7 Å². The Morgan fingerprint density at radius 1 is 1.23 bits per heavy atom. The average Bonchev–Trinajstić information content (AvgIpc) is 3.03. The minimum Gasteiger partial charge on any atom is -0.373 e. The second-order valence-electron chi connectivity index (χ2n) is 7.38. The number of rotatable bonds is 3. The van der Waals surface area contributed by atoms with Crippen molar-refractivity contribution in [1.82, 2.24) is 15.4 Å². The molecule has 0 radical (unpaired) electrons. The zero-order valence-electron chi connectivity index (χ0n) is 15.2. The van der Waals surface area contributed by atoms with E-state index in [2.05, 4.69) is 46.6 Å². The number of nitrogens with zero attached hydrogens (tertiary/aromatic N) is 2. The number of piperidine rings is 1. The van der Waals surface area contributed by atoms with Crippen molar-refractivity contribution in [2.45, 2.75) is 38.3 Å². The molecular formula is C20H25N3O3. The molecule has 1 amide bonds. The fourth-order valence-corrected chi connectivity index (χ4v) is 3.67. The van der Waals surface area contributed by atoms with Crippen molar-refractivity contribution in [2.75, 3.05) is 26.2 Å². The quantitative estimate of drug-likeness (QED) is 0.916. The lowest BCUT2D eigenvalue weighted by atomic mass is 9.91. The van der Waals surface area contributed by atoms with Crippen LogP contribution in [0.25, 0.3) is 11.3 Å². The third-order valence-corrected chi connectivity index (χ3v) is 5.40. The fraction of sp³-hybridized carbons (Fsp3) is 0.500. The van der Waals surface area contributed by atoms with Gasteiger partial charge in [-0.3, -0.25) is 9.69 Å². The van der Waals surface area contributed by atoms with E-state index in [1.165, 1.54) is 5.56 Å². The van der Waals surface area contributed by atoms with Gasteiger partial charge in [0.05, 0.1) is 18.8 Å². The van der Waals surface area contributed by atoms with Crippen LogP contribution in [0.1, 0.15) is 30.6 Å². The highest BCUT2D eigenvalue weighted by Crippen LogP contribution is 2.29. The maximum Gasteiger partial charge on any atom is 0.222 e. The van der Waals surface area contributed by atoms with Crippen LogP contribution in [0.15, 0.2) is 34.9 Å². The Labute approximate surface area is 153 Å². The molecule has 26 heavy (non-hydrogen) atoms. The highest BCUT2D eigenvalue weighted by Gasteiger charge is 2.37. The van der Waals surface area contributed by atoms with Gasteiger partial charge >= 0.3 is 0 Å². The predicted molar refractivity (Wildman–Crippen MR) is 97.5 cm³/mol. The summed E-state index contributed by atoms with van der Waals surface area (Å²) in [7, 11) is 0. The number of carbonyl (C=O) groups is 1. The number of aryl methyl sites for hydroxylation is 1. The lowest BCUT2D eigenvalue weighted by Crippen LogP contribution is -2.50. The monoisotopic (exact) mass is 355 g/mol. The van der Waals surface area contributed by atoms with Crippen molar-refractivity contribution in [1.29, 1.82) is 0 Å². The van der Waals surface area contributed by atoms with Gasteiger partial charge < -0.3 is 14.6 Å². The van der Waals surface area contributed by atoms with Crippen molar-refractivity contribution in [2.24, 2.45) is 0 Å². The van der Waals surface area contributed by atoms with Crippen molar-refractivity contribution in [3.63, 3.8) is 0 Å². The maximum atomic E-state index is 11.5. The molecule has 0 unspecified atom stereocenters. The van der Waals surface area contributed by atoms with Crippen LogP contribution >= 0.6 is 0 Å². The predicted octanol–water partition coefficient (Wildman–Crippen LogP) is 2.52. The summed E-state index contributed by atoms with van der Waals surface area (Å²) in [6.45, 7) is 5.83. The van der Waals surface area contributed by atoms with E-state index in [1.807, 2.05) is 6.07 Å². The molecule has 1 aromatic carbocycles. The summed E-state index contributed by atoms with van der Waals surface area (Å²) in [4.78, 5) is 13.9. The smallest absolute Gasteiger partial charge is 0.222 e. The molecule has 2 aliphatic rings. The van der Waals surface area contributed by atoms with Crippen molar-refractivity contribution in [3.8, 4) is 11.3 Å². The minimum atomic E-state index is -0.197. The van der Waals surface area contributed by atoms with Gasteiger partial charge in [-0.05, 0) is 19.8 Å². The van der Waals surface area contributed by atoms with Crippen LogP contribution in [0, 0.1) is 6.92 Å². The lowest BCUT2D eigenvalue weighted by molar-refractivity contribution is -0.120. The summed E-state index contributed by atoms with van der Waals surface area (Å²) in [6, 6.07) is 10.3. The van der Waals surface area contributed by atoms with E-state index >= 15 is 0 Å². The molecule has 0 aliphatic carbocycles. The summed E-state index contributed by atoms with van der Waals surface area (Å²) >= 11 is 0. The van der Waals surface area contributed by atoms with Crippen LogP contribution < -0.4 is 5.32 Å². The van der Waals surface area contributed by atoms with Crippen molar-refractivity contribution < 1.29 is 14.1 Å². The first-order chi connectivity index (χ1) is 12.6. The molecule has 0 atom stereocenters. The Balaban J connectivity index is 1.35. The number of benzene rings is 1. The van der Waals surface area contributed by atoms with E-state index in [9.17, 15) is 4.79 Å². The number of nitrogens with one attached hydrogen (secondary N) is 1. The number of ether oxygens (including phenoxy) is 1. The van der Waals surface area contributed by atoms with Crippen LogP contribution in [-0.4, -0.2) is 47.8 Å². The Kier molecular flexibility index (Phi) is 4.78. The Morgan fingerprint density at radius 2 is 2.00 bits per heavy atom. The Hall–Kier alpha value is -2.18. The largest absolute Gasteiger partial charge is 0.373 e. The van der Waals surface area contributed by atoms with Crippen LogP contribution in [0.2, 0.25) is 0 Å². The molecule has 6 heteroatoms. The fourth-order valence-electron chi connectivity index (χ4n) is 3.67. The number of carbonyl (C=O) groups excluding carboxylic acids is 1. The molecule has 4 rings (SSSR count). The zero-order valence-corrected chi connectivity index (χ0v) is 15.2. The van der Waals surface area contributed by atoms with Crippen molar-refractivity contribution in [3.05, 3.63) is 41.7 Å². The second-order valence-corrected chi connectivity index (χ2v) is 7.38. The second kappa shape index (κ2) is 7.21. The van der Waals surface area contributed by atoms with Gasteiger partial charge in [0.1, 0.15) is 5.69 Å². The molecule has 2 aliphatic heterocycles. The number of hydrogen-bond acceptors (Lipinski definition) is 5. The molecule has 3 heterocycles. The molecule has 2 fully saturated rings. The molecule has 2 saturated heterocycles. The van der Waals surface area contributed by atoms with Crippen LogP contribution in [-0.2, 0) is 16.1 Å². The average molecular weight is 355 g/mol. The standard InChI is InChI=1S/C20H25N3O3/c1-15-2-4-16(5-3-15)18-12-17(26-22-18)13-23-9-7-20(8-10-23)14-21-19(24)6-11-25-20/h2-5,12H,6-11,13-14H2,1H3,(H,21,24). The first kappa shape index (κ1) is 17.2. The van der Waals surface area contributed by atoms with Crippen molar-refractivity contribution >= 4 is 5.91 Å². The van der Waals surface area contributed by atoms with Crippen LogP contribution in [0.4, 0.5) is 0 Å². The molecule has 6 nitrogen and oxygen atoms in total. The summed E-state index contributed by atoms with van der Waals surface area (Å²) in [5.41, 5.74) is 2.99. The molecule has 0 bridgehead atoms. The van der Waals surface area contributed by atoms with Gasteiger partial charge in [-0.25, -0.2) is 0 Å². The highest BCUT2D eigenvalue weighted by atomic mass is 16.5. The summed E-state index contributed by atoms with van der Waals surface area (Å²) in [5.74, 6) is 0.973. The number of likely N-dealkylation sites (tertiary alicyclic amines) is 1. The normalized spacial score (nSPS) is 20.7. The van der Waals surface area contributed by atoms with Crippen LogP contribution in [0.3, 0.4) is 0 Å². The SMILES string of the molecule is Cc1ccc(-c2cc(CN3CCC4(CC3)CNC(=O)CCO4)on2)cc1. The molecule has 138 valence electrons. The first-order valence-corrected chi connectivity index (χ1v) is 9.28. The lowest BCUT2D eigenvalue weighted by Gasteiger charge is -2.40. The van der Waals surface area contributed by atoms with E-state index in [0.29, 0.717) is 19.6 Å².